The average molecular weight is 340 g/mol. The van der Waals surface area contributed by atoms with Crippen LogP contribution >= 0.6 is 27.3 Å². The third-order valence-electron chi connectivity index (χ3n) is 2.66. The Bertz CT molecular complexity index is 612. The summed E-state index contributed by atoms with van der Waals surface area (Å²) in [5.41, 5.74) is 12.6. The van der Waals surface area contributed by atoms with E-state index in [0.717, 1.165) is 16.0 Å². The standard InChI is InChI=1S/C13H14BrN3OS/c1-17(7-8-3-2-4-9(14)5-8)11-6-10(15)12(19-11)13(16)18/h2-6H,7,15H2,1H3,(H2,16,18). The fourth-order valence-corrected chi connectivity index (χ4v) is 3.10. The number of nitrogens with two attached hydrogens (primary N) is 2. The summed E-state index contributed by atoms with van der Waals surface area (Å²) in [7, 11) is 1.96. The zero-order chi connectivity index (χ0) is 14.0. The number of rotatable bonds is 4. The minimum absolute atomic E-state index is 0.413. The van der Waals surface area contributed by atoms with Crippen molar-refractivity contribution in [3.05, 3.63) is 45.2 Å². The number of nitrogens with zero attached hydrogens (tertiary/aromatic N) is 1. The van der Waals surface area contributed by atoms with E-state index < -0.39 is 5.91 Å². The van der Waals surface area contributed by atoms with Gasteiger partial charge in [0.15, 0.2) is 0 Å². The first-order valence-corrected chi connectivity index (χ1v) is 7.23. The number of primary amides is 1. The summed E-state index contributed by atoms with van der Waals surface area (Å²) in [6.07, 6.45) is 0. The van der Waals surface area contributed by atoms with Crippen LogP contribution in [-0.2, 0) is 6.54 Å². The molecule has 0 radical (unpaired) electrons. The van der Waals surface area contributed by atoms with Crippen LogP contribution in [0.5, 0.6) is 0 Å². The molecule has 1 amide bonds. The third kappa shape index (κ3) is 3.27. The van der Waals surface area contributed by atoms with E-state index in [1.807, 2.05) is 30.1 Å². The molecular weight excluding hydrogens is 326 g/mol. The van der Waals surface area contributed by atoms with Gasteiger partial charge in [-0.3, -0.25) is 4.79 Å². The Morgan fingerprint density at radius 2 is 2.16 bits per heavy atom. The second-order valence-corrected chi connectivity index (χ2v) is 6.17. The van der Waals surface area contributed by atoms with E-state index in [1.165, 1.54) is 16.9 Å². The van der Waals surface area contributed by atoms with Crippen molar-refractivity contribution in [2.75, 3.05) is 17.7 Å². The first-order chi connectivity index (χ1) is 8.97. The molecule has 1 aromatic carbocycles. The molecule has 0 spiro atoms. The van der Waals surface area contributed by atoms with Gasteiger partial charge < -0.3 is 16.4 Å². The second kappa shape index (κ2) is 5.63. The summed E-state index contributed by atoms with van der Waals surface area (Å²) in [6.45, 7) is 0.734. The lowest BCUT2D eigenvalue weighted by molar-refractivity contribution is 0.100. The molecule has 0 aliphatic heterocycles. The van der Waals surface area contributed by atoms with Crippen LogP contribution in [0.4, 0.5) is 10.7 Å². The van der Waals surface area contributed by atoms with Crippen molar-refractivity contribution in [3.8, 4) is 0 Å². The largest absolute Gasteiger partial charge is 0.397 e. The first kappa shape index (κ1) is 13.9. The average Bonchev–Trinajstić information content (AvgIpc) is 2.71. The van der Waals surface area contributed by atoms with E-state index in [1.54, 1.807) is 6.07 Å². The summed E-state index contributed by atoms with van der Waals surface area (Å²) in [6, 6.07) is 9.86. The first-order valence-electron chi connectivity index (χ1n) is 5.62. The second-order valence-electron chi connectivity index (χ2n) is 4.22. The third-order valence-corrected chi connectivity index (χ3v) is 4.43. The summed E-state index contributed by atoms with van der Waals surface area (Å²) >= 11 is 4.76. The van der Waals surface area contributed by atoms with Crippen LogP contribution in [0, 0.1) is 0 Å². The Balaban J connectivity index is 2.18. The normalized spacial score (nSPS) is 10.4. The molecule has 0 aliphatic carbocycles. The van der Waals surface area contributed by atoms with Gasteiger partial charge in [0.05, 0.1) is 10.7 Å². The molecule has 2 aromatic rings. The van der Waals surface area contributed by atoms with Crippen LogP contribution in [0.3, 0.4) is 0 Å². The van der Waals surface area contributed by atoms with E-state index >= 15 is 0 Å². The molecule has 4 N–H and O–H groups in total. The number of amides is 1. The van der Waals surface area contributed by atoms with Gasteiger partial charge in [0, 0.05) is 18.1 Å². The van der Waals surface area contributed by atoms with E-state index in [4.69, 9.17) is 11.5 Å². The number of nitrogen functional groups attached to an aromatic ring is 1. The molecule has 2 rings (SSSR count). The van der Waals surface area contributed by atoms with Crippen molar-refractivity contribution >= 4 is 43.9 Å². The molecule has 6 heteroatoms. The number of carbonyl (C=O) groups excluding carboxylic acids is 1. The molecule has 0 bridgehead atoms. The molecule has 1 aromatic heterocycles. The highest BCUT2D eigenvalue weighted by Crippen LogP contribution is 2.32. The minimum atomic E-state index is -0.482. The Morgan fingerprint density at radius 3 is 2.74 bits per heavy atom. The maximum Gasteiger partial charge on any atom is 0.260 e. The van der Waals surface area contributed by atoms with Crippen molar-refractivity contribution in [2.24, 2.45) is 5.73 Å². The zero-order valence-corrected chi connectivity index (χ0v) is 12.8. The molecule has 1 heterocycles. The molecule has 0 aliphatic rings. The van der Waals surface area contributed by atoms with Gasteiger partial charge in [0.2, 0.25) is 0 Å². The smallest absolute Gasteiger partial charge is 0.260 e. The summed E-state index contributed by atoms with van der Waals surface area (Å²) in [5, 5.41) is 0.922. The fourth-order valence-electron chi connectivity index (χ4n) is 1.76. The number of thiophene rings is 1. The number of hydrogen-bond donors (Lipinski definition) is 2. The lowest BCUT2D eigenvalue weighted by Gasteiger charge is -2.17. The Labute approximate surface area is 124 Å². The van der Waals surface area contributed by atoms with Crippen LogP contribution < -0.4 is 16.4 Å². The summed E-state index contributed by atoms with van der Waals surface area (Å²) < 4.78 is 1.04. The van der Waals surface area contributed by atoms with Crippen LogP contribution in [0.25, 0.3) is 0 Å². The summed E-state index contributed by atoms with van der Waals surface area (Å²) in [4.78, 5) is 13.6. The number of anilines is 2. The SMILES string of the molecule is CN(Cc1cccc(Br)c1)c1cc(N)c(C(N)=O)s1. The maximum absolute atomic E-state index is 11.2. The molecule has 0 unspecified atom stereocenters. The molecule has 0 saturated carbocycles. The quantitative estimate of drug-likeness (QED) is 0.899. The van der Waals surface area contributed by atoms with Crippen LogP contribution in [-0.4, -0.2) is 13.0 Å². The van der Waals surface area contributed by atoms with Gasteiger partial charge >= 0.3 is 0 Å². The van der Waals surface area contributed by atoms with Crippen LogP contribution in [0.1, 0.15) is 15.2 Å². The van der Waals surface area contributed by atoms with E-state index in [2.05, 4.69) is 22.0 Å². The Hall–Kier alpha value is -1.53. The van der Waals surface area contributed by atoms with Gasteiger partial charge in [-0.05, 0) is 23.8 Å². The van der Waals surface area contributed by atoms with Gasteiger partial charge in [0.1, 0.15) is 4.88 Å². The monoisotopic (exact) mass is 339 g/mol. The topological polar surface area (TPSA) is 72.3 Å². The highest BCUT2D eigenvalue weighted by Gasteiger charge is 2.14. The van der Waals surface area contributed by atoms with Gasteiger partial charge in [-0.1, -0.05) is 28.1 Å². The van der Waals surface area contributed by atoms with Crippen molar-refractivity contribution in [3.63, 3.8) is 0 Å². The van der Waals surface area contributed by atoms with Crippen molar-refractivity contribution < 1.29 is 4.79 Å². The molecule has 19 heavy (non-hydrogen) atoms. The van der Waals surface area contributed by atoms with Gasteiger partial charge in [0.25, 0.3) is 5.91 Å². The number of halogens is 1. The zero-order valence-electron chi connectivity index (χ0n) is 10.4. The van der Waals surface area contributed by atoms with Gasteiger partial charge in [-0.2, -0.15) is 0 Å². The van der Waals surface area contributed by atoms with E-state index in [-0.39, 0.29) is 0 Å². The molecule has 0 saturated heterocycles. The maximum atomic E-state index is 11.2. The number of hydrogen-bond acceptors (Lipinski definition) is 4. The molecule has 100 valence electrons. The minimum Gasteiger partial charge on any atom is -0.397 e. The lowest BCUT2D eigenvalue weighted by Crippen LogP contribution is -2.15. The fraction of sp³-hybridized carbons (Fsp3) is 0.154. The number of benzene rings is 1. The van der Waals surface area contributed by atoms with Gasteiger partial charge in [-0.15, -0.1) is 11.3 Å². The molecule has 0 atom stereocenters. The lowest BCUT2D eigenvalue weighted by atomic mass is 10.2. The van der Waals surface area contributed by atoms with Crippen molar-refractivity contribution in [2.45, 2.75) is 6.54 Å². The molecular formula is C13H14BrN3OS. The van der Waals surface area contributed by atoms with Crippen molar-refractivity contribution in [1.29, 1.82) is 0 Å². The van der Waals surface area contributed by atoms with Crippen LogP contribution in [0.15, 0.2) is 34.8 Å². The van der Waals surface area contributed by atoms with Crippen LogP contribution in [0.2, 0.25) is 0 Å². The molecule has 4 nitrogen and oxygen atoms in total. The predicted octanol–water partition coefficient (Wildman–Crippen LogP) is 2.83. The predicted molar refractivity (Wildman–Crippen MR) is 83.5 cm³/mol. The number of carbonyl (C=O) groups is 1. The highest BCUT2D eigenvalue weighted by atomic mass is 79.9. The van der Waals surface area contributed by atoms with Gasteiger partial charge in [-0.25, -0.2) is 0 Å². The summed E-state index contributed by atoms with van der Waals surface area (Å²) in [5.74, 6) is -0.482. The Morgan fingerprint density at radius 1 is 1.42 bits per heavy atom. The van der Waals surface area contributed by atoms with Crippen molar-refractivity contribution in [1.82, 2.24) is 0 Å². The highest BCUT2D eigenvalue weighted by molar-refractivity contribution is 9.10. The Kier molecular flexibility index (Phi) is 4.11. The van der Waals surface area contributed by atoms with E-state index in [0.29, 0.717) is 10.6 Å². The molecule has 0 fully saturated rings. The van der Waals surface area contributed by atoms with E-state index in [9.17, 15) is 4.79 Å².